The summed E-state index contributed by atoms with van der Waals surface area (Å²) in [6.07, 6.45) is 0.870. The van der Waals surface area contributed by atoms with Gasteiger partial charge in [0, 0.05) is 11.6 Å². The Bertz CT molecular complexity index is 845. The molecule has 1 fully saturated rings. The Morgan fingerprint density at radius 2 is 1.96 bits per heavy atom. The van der Waals surface area contributed by atoms with E-state index in [2.05, 4.69) is 22.8 Å². The van der Waals surface area contributed by atoms with Crippen LogP contribution in [0.25, 0.3) is 0 Å². The zero-order valence-corrected chi connectivity index (χ0v) is 14.2. The van der Waals surface area contributed by atoms with Crippen LogP contribution in [-0.2, 0) is 9.59 Å². The van der Waals surface area contributed by atoms with Crippen LogP contribution in [0.3, 0.4) is 0 Å². The van der Waals surface area contributed by atoms with Crippen molar-refractivity contribution < 1.29 is 14.3 Å². The van der Waals surface area contributed by atoms with E-state index < -0.39 is 5.60 Å². The molecule has 2 amide bonds. The van der Waals surface area contributed by atoms with E-state index >= 15 is 0 Å². The third-order valence-electron chi connectivity index (χ3n) is 4.76. The van der Waals surface area contributed by atoms with Crippen molar-refractivity contribution in [2.24, 2.45) is 5.92 Å². The Kier molecular flexibility index (Phi) is 3.53. The molecule has 4 rings (SSSR count). The number of amides is 2. The lowest BCUT2D eigenvalue weighted by Gasteiger charge is -2.31. The number of anilines is 2. The summed E-state index contributed by atoms with van der Waals surface area (Å²) in [4.78, 5) is 24.5. The van der Waals surface area contributed by atoms with Crippen molar-refractivity contribution in [3.8, 4) is 5.75 Å². The Balaban J connectivity index is 1.45. The SMILES string of the molecule is CC1(C)Oc2ccc(NC(=O)C3CC3c3ccccc3)cc2NC1=O. The number of hydrogen-bond donors (Lipinski definition) is 2. The monoisotopic (exact) mass is 336 g/mol. The molecule has 1 saturated carbocycles. The third kappa shape index (κ3) is 2.97. The molecule has 5 nitrogen and oxygen atoms in total. The molecule has 2 atom stereocenters. The molecule has 25 heavy (non-hydrogen) atoms. The van der Waals surface area contributed by atoms with Crippen LogP contribution < -0.4 is 15.4 Å². The summed E-state index contributed by atoms with van der Waals surface area (Å²) < 4.78 is 5.70. The van der Waals surface area contributed by atoms with Gasteiger partial charge in [0.2, 0.25) is 5.91 Å². The van der Waals surface area contributed by atoms with Crippen LogP contribution in [0.5, 0.6) is 5.75 Å². The first kappa shape index (κ1) is 15.7. The minimum Gasteiger partial charge on any atom is -0.476 e. The van der Waals surface area contributed by atoms with Gasteiger partial charge in [0.05, 0.1) is 5.69 Å². The molecular formula is C20H20N2O3. The van der Waals surface area contributed by atoms with Gasteiger partial charge >= 0.3 is 0 Å². The molecule has 1 heterocycles. The van der Waals surface area contributed by atoms with Gasteiger partial charge in [0.25, 0.3) is 5.91 Å². The lowest BCUT2D eigenvalue weighted by atomic mass is 10.1. The fraction of sp³-hybridized carbons (Fsp3) is 0.300. The van der Waals surface area contributed by atoms with Crippen molar-refractivity contribution in [3.05, 3.63) is 54.1 Å². The predicted molar refractivity (Wildman–Crippen MR) is 95.7 cm³/mol. The van der Waals surface area contributed by atoms with E-state index in [4.69, 9.17) is 4.74 Å². The highest BCUT2D eigenvalue weighted by Crippen LogP contribution is 2.48. The van der Waals surface area contributed by atoms with E-state index in [9.17, 15) is 9.59 Å². The van der Waals surface area contributed by atoms with Crippen LogP contribution in [0.1, 0.15) is 31.7 Å². The van der Waals surface area contributed by atoms with Gasteiger partial charge in [-0.05, 0) is 49.9 Å². The average molecular weight is 336 g/mol. The highest BCUT2D eigenvalue weighted by atomic mass is 16.5. The standard InChI is InChI=1S/C20H20N2O3/c1-20(2)19(24)22-16-10-13(8-9-17(16)25-20)21-18(23)15-11-14(15)12-6-4-3-5-7-12/h3-10,14-15H,11H2,1-2H3,(H,21,23)(H,22,24). The van der Waals surface area contributed by atoms with Crippen molar-refractivity contribution in [1.82, 2.24) is 0 Å². The molecule has 2 aliphatic rings. The maximum Gasteiger partial charge on any atom is 0.268 e. The first-order chi connectivity index (χ1) is 11.9. The molecular weight excluding hydrogens is 316 g/mol. The quantitative estimate of drug-likeness (QED) is 0.901. The first-order valence-corrected chi connectivity index (χ1v) is 8.44. The summed E-state index contributed by atoms with van der Waals surface area (Å²) in [7, 11) is 0. The van der Waals surface area contributed by atoms with E-state index in [1.165, 1.54) is 5.56 Å². The number of benzene rings is 2. The highest BCUT2D eigenvalue weighted by Gasteiger charge is 2.44. The molecule has 5 heteroatoms. The van der Waals surface area contributed by atoms with E-state index in [-0.39, 0.29) is 17.7 Å². The Morgan fingerprint density at radius 1 is 1.20 bits per heavy atom. The van der Waals surface area contributed by atoms with Crippen molar-refractivity contribution in [2.45, 2.75) is 31.8 Å². The summed E-state index contributed by atoms with van der Waals surface area (Å²) in [5.41, 5.74) is 1.55. The van der Waals surface area contributed by atoms with Gasteiger partial charge in [-0.2, -0.15) is 0 Å². The smallest absolute Gasteiger partial charge is 0.268 e. The third-order valence-corrected chi connectivity index (χ3v) is 4.76. The maximum absolute atomic E-state index is 12.5. The summed E-state index contributed by atoms with van der Waals surface area (Å²) in [6, 6.07) is 15.4. The van der Waals surface area contributed by atoms with Crippen molar-refractivity contribution in [2.75, 3.05) is 10.6 Å². The van der Waals surface area contributed by atoms with Crippen molar-refractivity contribution in [1.29, 1.82) is 0 Å². The van der Waals surface area contributed by atoms with Gasteiger partial charge in [-0.1, -0.05) is 30.3 Å². The first-order valence-electron chi connectivity index (χ1n) is 8.44. The molecule has 1 aliphatic carbocycles. The average Bonchev–Trinajstić information content (AvgIpc) is 3.38. The molecule has 0 bridgehead atoms. The van der Waals surface area contributed by atoms with Crippen LogP contribution >= 0.6 is 0 Å². The van der Waals surface area contributed by atoms with Crippen LogP contribution in [-0.4, -0.2) is 17.4 Å². The molecule has 0 saturated heterocycles. The largest absolute Gasteiger partial charge is 0.476 e. The Labute approximate surface area is 146 Å². The Hall–Kier alpha value is -2.82. The zero-order valence-electron chi connectivity index (χ0n) is 14.2. The predicted octanol–water partition coefficient (Wildman–Crippen LogP) is 3.54. The van der Waals surface area contributed by atoms with Gasteiger partial charge in [-0.3, -0.25) is 9.59 Å². The van der Waals surface area contributed by atoms with E-state index in [0.717, 1.165) is 6.42 Å². The van der Waals surface area contributed by atoms with Gasteiger partial charge in [-0.25, -0.2) is 0 Å². The van der Waals surface area contributed by atoms with E-state index in [1.54, 1.807) is 32.0 Å². The van der Waals surface area contributed by atoms with Gasteiger partial charge in [0.15, 0.2) is 5.60 Å². The maximum atomic E-state index is 12.5. The molecule has 0 aromatic heterocycles. The van der Waals surface area contributed by atoms with Crippen molar-refractivity contribution >= 4 is 23.2 Å². The Morgan fingerprint density at radius 3 is 2.72 bits per heavy atom. The van der Waals surface area contributed by atoms with E-state index in [0.29, 0.717) is 23.0 Å². The zero-order chi connectivity index (χ0) is 17.6. The normalized spacial score (nSPS) is 23.0. The minimum absolute atomic E-state index is 0.00297. The van der Waals surface area contributed by atoms with Crippen LogP contribution in [0.2, 0.25) is 0 Å². The summed E-state index contributed by atoms with van der Waals surface area (Å²) in [5.74, 6) is 0.717. The van der Waals surface area contributed by atoms with Crippen LogP contribution in [0.4, 0.5) is 11.4 Å². The number of rotatable bonds is 3. The highest BCUT2D eigenvalue weighted by molar-refractivity contribution is 6.01. The summed E-state index contributed by atoms with van der Waals surface area (Å²) in [6.45, 7) is 3.44. The second-order valence-electron chi connectivity index (χ2n) is 7.13. The van der Waals surface area contributed by atoms with Crippen molar-refractivity contribution in [3.63, 3.8) is 0 Å². The van der Waals surface area contributed by atoms with Crippen LogP contribution in [0.15, 0.2) is 48.5 Å². The topological polar surface area (TPSA) is 67.4 Å². The number of nitrogens with one attached hydrogen (secondary N) is 2. The molecule has 2 unspecified atom stereocenters. The van der Waals surface area contributed by atoms with Gasteiger partial charge in [0.1, 0.15) is 5.75 Å². The number of hydrogen-bond acceptors (Lipinski definition) is 3. The number of ether oxygens (including phenoxy) is 1. The number of fused-ring (bicyclic) bond motifs is 1. The lowest BCUT2D eigenvalue weighted by molar-refractivity contribution is -0.129. The van der Waals surface area contributed by atoms with Gasteiger partial charge < -0.3 is 15.4 Å². The summed E-state index contributed by atoms with van der Waals surface area (Å²) >= 11 is 0. The second kappa shape index (κ2) is 5.62. The molecule has 2 aromatic carbocycles. The van der Waals surface area contributed by atoms with E-state index in [1.807, 2.05) is 18.2 Å². The molecule has 0 spiro atoms. The molecule has 1 aliphatic heterocycles. The molecule has 2 N–H and O–H groups in total. The lowest BCUT2D eigenvalue weighted by Crippen LogP contribution is -2.45. The number of carbonyl (C=O) groups is 2. The summed E-state index contributed by atoms with van der Waals surface area (Å²) in [5, 5.41) is 5.77. The van der Waals surface area contributed by atoms with Crippen LogP contribution in [0, 0.1) is 5.92 Å². The second-order valence-corrected chi connectivity index (χ2v) is 7.13. The molecule has 128 valence electrons. The molecule has 0 radical (unpaired) electrons. The van der Waals surface area contributed by atoms with Gasteiger partial charge in [-0.15, -0.1) is 0 Å². The fourth-order valence-electron chi connectivity index (χ4n) is 3.18. The minimum atomic E-state index is -0.894. The number of carbonyl (C=O) groups excluding carboxylic acids is 2. The molecule has 2 aromatic rings. The fourth-order valence-corrected chi connectivity index (χ4v) is 3.18.